The molecule has 0 fully saturated rings. The van der Waals surface area contributed by atoms with E-state index in [1.54, 1.807) is 13.0 Å². The van der Waals surface area contributed by atoms with Gasteiger partial charge < -0.3 is 9.84 Å². The molecule has 1 heterocycles. The van der Waals surface area contributed by atoms with Crippen molar-refractivity contribution in [3.63, 3.8) is 0 Å². The van der Waals surface area contributed by atoms with Crippen LogP contribution in [0.25, 0.3) is 5.69 Å². The van der Waals surface area contributed by atoms with E-state index in [1.165, 1.54) is 17.7 Å². The molecular formula is C17H20FN3O4. The minimum absolute atomic E-state index is 0.0335. The van der Waals surface area contributed by atoms with Crippen molar-refractivity contribution >= 4 is 5.97 Å². The van der Waals surface area contributed by atoms with Crippen molar-refractivity contribution in [2.45, 2.75) is 32.8 Å². The van der Waals surface area contributed by atoms with Gasteiger partial charge in [0, 0.05) is 26.0 Å². The molecule has 1 aromatic heterocycles. The summed E-state index contributed by atoms with van der Waals surface area (Å²) in [6, 6.07) is 2.02. The van der Waals surface area contributed by atoms with Gasteiger partial charge in [-0.25, -0.2) is 14.0 Å². The fourth-order valence-electron chi connectivity index (χ4n) is 2.41. The molecule has 8 heteroatoms. The Hall–Kier alpha value is -2.90. The first-order valence-corrected chi connectivity index (χ1v) is 7.79. The second kappa shape index (κ2) is 7.33. The predicted molar refractivity (Wildman–Crippen MR) is 90.0 cm³/mol. The van der Waals surface area contributed by atoms with Crippen LogP contribution in [-0.4, -0.2) is 31.5 Å². The lowest BCUT2D eigenvalue weighted by molar-refractivity contribution is 0.0689. The monoisotopic (exact) mass is 349 g/mol. The van der Waals surface area contributed by atoms with Gasteiger partial charge in [0.25, 0.3) is 0 Å². The van der Waals surface area contributed by atoms with Crippen LogP contribution >= 0.6 is 0 Å². The Labute approximate surface area is 144 Å². The molecule has 7 nitrogen and oxygen atoms in total. The van der Waals surface area contributed by atoms with Crippen molar-refractivity contribution in [3.05, 3.63) is 52.5 Å². The second-order valence-corrected chi connectivity index (χ2v) is 5.58. The first-order valence-electron chi connectivity index (χ1n) is 7.79. The van der Waals surface area contributed by atoms with Crippen molar-refractivity contribution in [3.8, 4) is 11.4 Å². The van der Waals surface area contributed by atoms with Crippen LogP contribution in [0.3, 0.4) is 0 Å². The molecule has 0 saturated carbocycles. The molecule has 0 aliphatic carbocycles. The molecule has 2 aromatic rings. The normalized spacial score (nSPS) is 12.0. The number of benzene rings is 1. The average Bonchev–Trinajstić information content (AvgIpc) is 2.84. The Kier molecular flexibility index (Phi) is 5.41. The van der Waals surface area contributed by atoms with Crippen LogP contribution in [0.15, 0.2) is 29.6 Å². The van der Waals surface area contributed by atoms with Crippen LogP contribution in [0.5, 0.6) is 5.75 Å². The summed E-state index contributed by atoms with van der Waals surface area (Å²) in [6.45, 7) is 7.15. The lowest BCUT2D eigenvalue weighted by atomic mass is 10.1. The van der Waals surface area contributed by atoms with Crippen molar-refractivity contribution in [1.82, 2.24) is 14.3 Å². The maximum absolute atomic E-state index is 14.4. The molecule has 0 amide bonds. The SMILES string of the molecule is C=CCC(C)Oc1cc(-n2nc(CC)n(C)c2=O)c(F)cc1C(=O)O. The van der Waals surface area contributed by atoms with E-state index in [0.717, 1.165) is 10.7 Å². The number of carbonyl (C=O) groups is 1. The average molecular weight is 349 g/mol. The number of hydrogen-bond acceptors (Lipinski definition) is 4. The Bertz CT molecular complexity index is 870. The molecule has 0 saturated heterocycles. The molecule has 1 aromatic carbocycles. The quantitative estimate of drug-likeness (QED) is 0.775. The summed E-state index contributed by atoms with van der Waals surface area (Å²) < 4.78 is 22.3. The van der Waals surface area contributed by atoms with Crippen molar-refractivity contribution < 1.29 is 19.0 Å². The third-order valence-electron chi connectivity index (χ3n) is 3.72. The van der Waals surface area contributed by atoms with Gasteiger partial charge in [0.15, 0.2) is 0 Å². The number of rotatable bonds is 7. The predicted octanol–water partition coefficient (Wildman–Crippen LogP) is 2.31. The fourth-order valence-corrected chi connectivity index (χ4v) is 2.41. The summed E-state index contributed by atoms with van der Waals surface area (Å²) in [5, 5.41) is 13.4. The molecule has 134 valence electrons. The summed E-state index contributed by atoms with van der Waals surface area (Å²) in [5.41, 5.74) is -1.01. The zero-order valence-electron chi connectivity index (χ0n) is 14.3. The third kappa shape index (κ3) is 3.62. The van der Waals surface area contributed by atoms with Gasteiger partial charge in [-0.3, -0.25) is 4.57 Å². The van der Waals surface area contributed by atoms with Crippen molar-refractivity contribution in [2.24, 2.45) is 7.05 Å². The lowest BCUT2D eigenvalue weighted by Gasteiger charge is -2.16. The number of carboxylic acids is 1. The fraction of sp³-hybridized carbons (Fsp3) is 0.353. The topological polar surface area (TPSA) is 86.4 Å². The Morgan fingerprint density at radius 1 is 1.52 bits per heavy atom. The Balaban J connectivity index is 2.62. The van der Waals surface area contributed by atoms with E-state index in [2.05, 4.69) is 11.7 Å². The summed E-state index contributed by atoms with van der Waals surface area (Å²) in [4.78, 5) is 23.7. The molecule has 0 aliphatic rings. The van der Waals surface area contributed by atoms with Gasteiger partial charge in [0.1, 0.15) is 28.6 Å². The van der Waals surface area contributed by atoms with Gasteiger partial charge in [0.2, 0.25) is 0 Å². The van der Waals surface area contributed by atoms with Gasteiger partial charge in [-0.05, 0) is 13.0 Å². The molecule has 25 heavy (non-hydrogen) atoms. The van der Waals surface area contributed by atoms with Crippen LogP contribution in [0.4, 0.5) is 4.39 Å². The highest BCUT2D eigenvalue weighted by Gasteiger charge is 2.21. The van der Waals surface area contributed by atoms with Crippen LogP contribution < -0.4 is 10.4 Å². The minimum atomic E-state index is -1.33. The zero-order chi connectivity index (χ0) is 18.7. The number of aromatic carboxylic acids is 1. The number of carboxylic acid groups (broad SMARTS) is 1. The first-order chi connectivity index (χ1) is 11.8. The largest absolute Gasteiger partial charge is 0.489 e. The van der Waals surface area contributed by atoms with Crippen LogP contribution in [-0.2, 0) is 13.5 Å². The van der Waals surface area contributed by atoms with Gasteiger partial charge in [-0.15, -0.1) is 11.7 Å². The summed E-state index contributed by atoms with van der Waals surface area (Å²) >= 11 is 0. The summed E-state index contributed by atoms with van der Waals surface area (Å²) in [5.74, 6) is -1.75. The van der Waals surface area contributed by atoms with E-state index < -0.39 is 17.5 Å². The Morgan fingerprint density at radius 2 is 2.20 bits per heavy atom. The second-order valence-electron chi connectivity index (χ2n) is 5.58. The highest BCUT2D eigenvalue weighted by atomic mass is 19.1. The summed E-state index contributed by atoms with van der Waals surface area (Å²) in [6.07, 6.45) is 2.25. The first kappa shape index (κ1) is 18.4. The molecule has 1 unspecified atom stereocenters. The molecule has 0 spiro atoms. The number of halogens is 1. The number of ether oxygens (including phenoxy) is 1. The lowest BCUT2D eigenvalue weighted by Crippen LogP contribution is -2.23. The molecule has 0 bridgehead atoms. The number of aryl methyl sites for hydroxylation is 1. The number of aromatic nitrogens is 3. The molecule has 1 N–H and O–H groups in total. The highest BCUT2D eigenvalue weighted by molar-refractivity contribution is 5.91. The summed E-state index contributed by atoms with van der Waals surface area (Å²) in [7, 11) is 1.54. The molecule has 0 aliphatic heterocycles. The van der Waals surface area contributed by atoms with Gasteiger partial charge in [0.05, 0.1) is 6.10 Å². The molecule has 0 radical (unpaired) electrons. The smallest absolute Gasteiger partial charge is 0.350 e. The van der Waals surface area contributed by atoms with Gasteiger partial charge in [-0.1, -0.05) is 13.0 Å². The molecule has 2 rings (SSSR count). The highest BCUT2D eigenvalue weighted by Crippen LogP contribution is 2.26. The van der Waals surface area contributed by atoms with E-state index in [1.807, 2.05) is 6.92 Å². The Morgan fingerprint density at radius 3 is 2.72 bits per heavy atom. The third-order valence-corrected chi connectivity index (χ3v) is 3.72. The van der Waals surface area contributed by atoms with Crippen LogP contribution in [0.1, 0.15) is 36.5 Å². The van der Waals surface area contributed by atoms with Gasteiger partial charge in [-0.2, -0.15) is 4.68 Å². The van der Waals surface area contributed by atoms with E-state index in [0.29, 0.717) is 18.7 Å². The van der Waals surface area contributed by atoms with Crippen LogP contribution in [0, 0.1) is 5.82 Å². The van der Waals surface area contributed by atoms with E-state index in [4.69, 9.17) is 4.74 Å². The van der Waals surface area contributed by atoms with Crippen molar-refractivity contribution in [1.29, 1.82) is 0 Å². The standard InChI is InChI=1S/C17H20FN3O4/c1-5-7-10(3)25-14-9-13(12(18)8-11(14)16(22)23)21-17(24)20(4)15(6-2)19-21/h5,8-10H,1,6-7H2,2-4H3,(H,22,23). The van der Waals surface area contributed by atoms with E-state index in [-0.39, 0.29) is 23.1 Å². The zero-order valence-corrected chi connectivity index (χ0v) is 14.3. The van der Waals surface area contributed by atoms with Crippen LogP contribution in [0.2, 0.25) is 0 Å². The maximum Gasteiger partial charge on any atom is 0.350 e. The van der Waals surface area contributed by atoms with Crippen molar-refractivity contribution in [2.75, 3.05) is 0 Å². The van der Waals surface area contributed by atoms with Gasteiger partial charge >= 0.3 is 11.7 Å². The number of hydrogen-bond donors (Lipinski definition) is 1. The van der Waals surface area contributed by atoms with E-state index >= 15 is 0 Å². The number of nitrogens with zero attached hydrogens (tertiary/aromatic N) is 3. The molecule has 1 atom stereocenters. The maximum atomic E-state index is 14.4. The molecular weight excluding hydrogens is 329 g/mol. The minimum Gasteiger partial charge on any atom is -0.489 e. The van der Waals surface area contributed by atoms with E-state index in [9.17, 15) is 19.1 Å².